The highest BCUT2D eigenvalue weighted by Crippen LogP contribution is 2.37. The monoisotopic (exact) mass is 645 g/mol. The molecule has 0 bridgehead atoms. The fourth-order valence-electron chi connectivity index (χ4n) is 6.01. The minimum atomic E-state index is -3.13. The van der Waals surface area contributed by atoms with Crippen LogP contribution in [0.5, 0.6) is 0 Å². The van der Waals surface area contributed by atoms with Crippen molar-refractivity contribution < 1.29 is 26.7 Å². The van der Waals surface area contributed by atoms with E-state index in [0.717, 1.165) is 6.29 Å². The second-order valence-corrected chi connectivity index (χ2v) is 14.4. The van der Waals surface area contributed by atoms with Crippen molar-refractivity contribution in [2.45, 2.75) is 69.9 Å². The van der Waals surface area contributed by atoms with Crippen LogP contribution in [0.3, 0.4) is 0 Å². The van der Waals surface area contributed by atoms with Gasteiger partial charge in [0.25, 0.3) is 11.5 Å². The van der Waals surface area contributed by atoms with E-state index < -0.39 is 21.8 Å². The molecule has 2 N–H and O–H groups in total. The Morgan fingerprint density at radius 2 is 1.91 bits per heavy atom. The van der Waals surface area contributed by atoms with Gasteiger partial charge >= 0.3 is 0 Å². The van der Waals surface area contributed by atoms with Gasteiger partial charge in [-0.2, -0.15) is 0 Å². The molecule has 13 heteroatoms. The number of benzene rings is 1. The molecule has 10 nitrogen and oxygen atoms in total. The maximum absolute atomic E-state index is 15.1. The third-order valence-electron chi connectivity index (χ3n) is 8.76. The molecule has 2 saturated heterocycles. The highest BCUT2D eigenvalue weighted by atomic mass is 32.2. The first-order valence-electron chi connectivity index (χ1n) is 15.6. The molecule has 1 aromatic carbocycles. The average molecular weight is 646 g/mol. The van der Waals surface area contributed by atoms with Gasteiger partial charge in [0.1, 0.15) is 33.9 Å². The highest BCUT2D eigenvalue weighted by Gasteiger charge is 2.37. The second kappa shape index (κ2) is 14.4. The number of alkyl halides is 2. The Morgan fingerprint density at radius 1 is 1.16 bits per heavy atom. The van der Waals surface area contributed by atoms with Crippen molar-refractivity contribution in [1.82, 2.24) is 19.9 Å². The molecule has 0 spiro atoms. The molecule has 1 atom stereocenters. The Bertz CT molecular complexity index is 1650. The summed E-state index contributed by atoms with van der Waals surface area (Å²) in [4.78, 5) is 33.3. The number of fused-ring (bicyclic) bond motifs is 1. The molecule has 2 aliphatic rings. The number of anilines is 1. The SMILES string of the molecule is C[C@@H](Nc1ncnc2c1cc(C1CCS(=O)(=O)CC1)c(=O)n2CCCOCCCC=O)c1cccc(C(F)(F)CC2CNC2)c1. The largest absolute Gasteiger partial charge is 0.381 e. The maximum atomic E-state index is 15.1. The summed E-state index contributed by atoms with van der Waals surface area (Å²) in [6, 6.07) is 7.80. The summed E-state index contributed by atoms with van der Waals surface area (Å²) in [6.45, 7) is 4.24. The predicted octanol–water partition coefficient (Wildman–Crippen LogP) is 4.34. The highest BCUT2D eigenvalue weighted by molar-refractivity contribution is 7.91. The number of sulfone groups is 1. The summed E-state index contributed by atoms with van der Waals surface area (Å²) >= 11 is 0. The van der Waals surface area contributed by atoms with Crippen LogP contribution in [0.4, 0.5) is 14.6 Å². The zero-order valence-corrected chi connectivity index (χ0v) is 26.3. The third kappa shape index (κ3) is 8.11. The van der Waals surface area contributed by atoms with E-state index >= 15 is 8.78 Å². The molecule has 5 rings (SSSR count). The fraction of sp³-hybridized carbons (Fsp3) is 0.562. The molecule has 0 radical (unpaired) electrons. The van der Waals surface area contributed by atoms with E-state index in [1.165, 1.54) is 18.5 Å². The zero-order valence-electron chi connectivity index (χ0n) is 25.5. The van der Waals surface area contributed by atoms with Crippen molar-refractivity contribution in [2.24, 2.45) is 5.92 Å². The van der Waals surface area contributed by atoms with Crippen molar-refractivity contribution in [3.8, 4) is 0 Å². The number of hydrogen-bond donors (Lipinski definition) is 2. The first kappa shape index (κ1) is 33.1. The Labute approximate surface area is 261 Å². The summed E-state index contributed by atoms with van der Waals surface area (Å²) in [5, 5.41) is 7.00. The standard InChI is InChI=1S/C32H41F2N5O5S/c1-22(25-6-4-7-26(16-25)32(33,34)18-23-19-35-20-23)38-29-28-17-27(24-8-14-45(42,43)15-9-24)31(41)39(30(28)37-21-36-29)10-5-13-44-12-3-2-11-40/h4,6-7,11,16-17,21-24,35H,2-3,5,8-10,12-15,18-20H2,1H3,(H,36,37,38)/t22-/m1/s1. The van der Waals surface area contributed by atoms with Gasteiger partial charge in [-0.05, 0) is 75.2 Å². The number of unbranched alkanes of at least 4 members (excludes halogenated alkanes) is 1. The molecule has 2 fully saturated rings. The van der Waals surface area contributed by atoms with Gasteiger partial charge in [-0.15, -0.1) is 0 Å². The quantitative estimate of drug-likeness (QED) is 0.183. The fourth-order valence-corrected chi connectivity index (χ4v) is 7.50. The molecule has 2 aromatic heterocycles. The minimum absolute atomic E-state index is 0.0233. The van der Waals surface area contributed by atoms with Crippen molar-refractivity contribution in [3.63, 3.8) is 0 Å². The number of hydrogen-bond acceptors (Lipinski definition) is 9. The zero-order chi connectivity index (χ0) is 32.0. The van der Waals surface area contributed by atoms with Crippen LogP contribution >= 0.6 is 0 Å². The van der Waals surface area contributed by atoms with Crippen LogP contribution in [0, 0.1) is 5.92 Å². The smallest absolute Gasteiger partial charge is 0.273 e. The van der Waals surface area contributed by atoms with E-state index in [1.54, 1.807) is 22.8 Å². The summed E-state index contributed by atoms with van der Waals surface area (Å²) in [5.74, 6) is -2.72. The molecule has 0 unspecified atom stereocenters. The van der Waals surface area contributed by atoms with Crippen LogP contribution in [-0.4, -0.2) is 67.0 Å². The Balaban J connectivity index is 1.43. The number of nitrogens with one attached hydrogen (secondary N) is 2. The van der Waals surface area contributed by atoms with Crippen LogP contribution in [0.2, 0.25) is 0 Å². The summed E-state index contributed by atoms with van der Waals surface area (Å²) < 4.78 is 61.7. The number of carbonyl (C=O) groups is 1. The minimum Gasteiger partial charge on any atom is -0.381 e. The van der Waals surface area contributed by atoms with Gasteiger partial charge in [0.05, 0.1) is 16.9 Å². The van der Waals surface area contributed by atoms with Crippen molar-refractivity contribution >= 4 is 33.0 Å². The molecule has 2 aliphatic heterocycles. The van der Waals surface area contributed by atoms with Crippen molar-refractivity contribution in [2.75, 3.05) is 43.1 Å². The molecule has 4 heterocycles. The summed E-state index contributed by atoms with van der Waals surface area (Å²) in [5.41, 5.74) is 1.37. The van der Waals surface area contributed by atoms with Gasteiger partial charge in [0.2, 0.25) is 0 Å². The van der Waals surface area contributed by atoms with Gasteiger partial charge in [-0.25, -0.2) is 27.2 Å². The van der Waals surface area contributed by atoms with Crippen molar-refractivity contribution in [1.29, 1.82) is 0 Å². The number of aromatic nitrogens is 3. The lowest BCUT2D eigenvalue weighted by Gasteiger charge is -2.31. The topological polar surface area (TPSA) is 132 Å². The summed E-state index contributed by atoms with van der Waals surface area (Å²) in [6.07, 6.45) is 4.32. The van der Waals surface area contributed by atoms with Crippen molar-refractivity contribution in [3.05, 3.63) is 63.7 Å². The van der Waals surface area contributed by atoms with E-state index in [0.29, 0.717) is 92.9 Å². The van der Waals surface area contributed by atoms with Crippen LogP contribution in [0.25, 0.3) is 11.0 Å². The second-order valence-electron chi connectivity index (χ2n) is 12.1. The number of nitrogens with zero attached hydrogens (tertiary/aromatic N) is 3. The Hall–Kier alpha value is -3.29. The van der Waals surface area contributed by atoms with Crippen LogP contribution < -0.4 is 16.2 Å². The van der Waals surface area contributed by atoms with E-state index in [-0.39, 0.29) is 40.9 Å². The number of ether oxygens (including phenoxy) is 1. The number of halogens is 2. The molecular formula is C32H41F2N5O5S. The first-order valence-corrected chi connectivity index (χ1v) is 17.5. The van der Waals surface area contributed by atoms with Gasteiger partial charge in [0.15, 0.2) is 0 Å². The summed E-state index contributed by atoms with van der Waals surface area (Å²) in [7, 11) is -3.13. The molecule has 244 valence electrons. The lowest BCUT2D eigenvalue weighted by Crippen LogP contribution is -2.44. The normalized spacial score (nSPS) is 18.0. The van der Waals surface area contributed by atoms with Crippen LogP contribution in [0.15, 0.2) is 41.5 Å². The van der Waals surface area contributed by atoms with E-state index in [2.05, 4.69) is 20.6 Å². The average Bonchev–Trinajstić information content (AvgIpc) is 3.00. The molecule has 3 aromatic rings. The predicted molar refractivity (Wildman–Crippen MR) is 169 cm³/mol. The maximum Gasteiger partial charge on any atom is 0.273 e. The lowest BCUT2D eigenvalue weighted by molar-refractivity contribution is -0.108. The molecule has 0 amide bonds. The van der Waals surface area contributed by atoms with E-state index in [1.807, 2.05) is 6.92 Å². The molecule has 0 saturated carbocycles. The van der Waals surface area contributed by atoms with E-state index in [9.17, 15) is 18.0 Å². The first-order chi connectivity index (χ1) is 21.6. The van der Waals surface area contributed by atoms with Gasteiger partial charge in [0, 0.05) is 49.8 Å². The molecule has 45 heavy (non-hydrogen) atoms. The van der Waals surface area contributed by atoms with Crippen LogP contribution in [0.1, 0.15) is 74.1 Å². The number of rotatable bonds is 15. The van der Waals surface area contributed by atoms with Crippen LogP contribution in [-0.2, 0) is 31.8 Å². The number of aldehydes is 1. The molecular weight excluding hydrogens is 604 g/mol. The Kier molecular flexibility index (Phi) is 10.6. The van der Waals surface area contributed by atoms with Gasteiger partial charge in [-0.3, -0.25) is 9.36 Å². The van der Waals surface area contributed by atoms with Gasteiger partial charge < -0.3 is 20.2 Å². The number of aryl methyl sites for hydroxylation is 1. The number of carbonyl (C=O) groups excluding carboxylic acids is 1. The van der Waals surface area contributed by atoms with Gasteiger partial charge in [-0.1, -0.05) is 18.2 Å². The number of pyridine rings is 1. The third-order valence-corrected chi connectivity index (χ3v) is 10.5. The van der Waals surface area contributed by atoms with E-state index in [4.69, 9.17) is 4.74 Å². The Morgan fingerprint density at radius 3 is 2.62 bits per heavy atom. The molecule has 0 aliphatic carbocycles. The lowest BCUT2D eigenvalue weighted by atomic mass is 9.91.